The van der Waals surface area contributed by atoms with Gasteiger partial charge in [0.25, 0.3) is 0 Å². The van der Waals surface area contributed by atoms with Gasteiger partial charge < -0.3 is 39.5 Å². The van der Waals surface area contributed by atoms with Gasteiger partial charge in [-0.05, 0) is 86.1 Å². The van der Waals surface area contributed by atoms with E-state index >= 15 is 0 Å². The molecule has 1 heterocycles. The van der Waals surface area contributed by atoms with Crippen molar-refractivity contribution >= 4 is 17.7 Å². The molecule has 6 rings (SSSR count). The van der Waals surface area contributed by atoms with E-state index in [1.54, 1.807) is 19.3 Å². The zero-order chi connectivity index (χ0) is 38.1. The molecule has 0 unspecified atom stereocenters. The number of nitrogens with zero attached hydrogens (tertiary/aromatic N) is 2. The van der Waals surface area contributed by atoms with Gasteiger partial charge in [0, 0.05) is 50.1 Å². The SMILES string of the molecule is C=CCO[C@@]12Oc3ccc(OC(=O)NCc4ccccc4)cc3[C@H]3[C@H](CCCCO)[C@@H](CCCCO)C=C(C(=NOC)C[C@@H]1N(CCC)C(=O)C1CC1)[C@H]32. The Hall–Kier alpha value is -4.19. The number of aliphatic hydroxyl groups is 2. The first-order valence-electron chi connectivity index (χ1n) is 19.8. The van der Waals surface area contributed by atoms with Crippen molar-refractivity contribution in [1.82, 2.24) is 10.2 Å². The number of carbonyl (C=O) groups excluding carboxylic acids is 2. The van der Waals surface area contributed by atoms with Crippen molar-refractivity contribution in [3.8, 4) is 11.5 Å². The molecule has 2 aromatic carbocycles. The molecule has 2 fully saturated rings. The fraction of sp³-hybridized carbons (Fsp3) is 0.558. The summed E-state index contributed by atoms with van der Waals surface area (Å²) in [5.74, 6) is -0.608. The Kier molecular flexibility index (Phi) is 13.5. The van der Waals surface area contributed by atoms with Gasteiger partial charge in [0.2, 0.25) is 11.7 Å². The average molecular weight is 744 g/mol. The van der Waals surface area contributed by atoms with Crippen LogP contribution in [-0.4, -0.2) is 78.1 Å². The Morgan fingerprint density at radius 1 is 1.07 bits per heavy atom. The number of hydrogen-bond donors (Lipinski definition) is 3. The number of ether oxygens (including phenoxy) is 3. The molecular formula is C43H57N3O8. The summed E-state index contributed by atoms with van der Waals surface area (Å²) in [6, 6.07) is 14.7. The molecular weight excluding hydrogens is 686 g/mol. The van der Waals surface area contributed by atoms with E-state index in [1.165, 1.54) is 0 Å². The summed E-state index contributed by atoms with van der Waals surface area (Å²) >= 11 is 0. The quantitative estimate of drug-likeness (QED) is 0.0804. The molecule has 1 aliphatic heterocycles. The number of oxime groups is 1. The molecule has 292 valence electrons. The predicted octanol–water partition coefficient (Wildman–Crippen LogP) is 6.89. The lowest BCUT2D eigenvalue weighted by molar-refractivity contribution is -0.257. The second-order valence-corrected chi connectivity index (χ2v) is 15.0. The lowest BCUT2D eigenvalue weighted by atomic mass is 9.55. The van der Waals surface area contributed by atoms with Crippen LogP contribution in [0.5, 0.6) is 11.5 Å². The van der Waals surface area contributed by atoms with E-state index in [0.717, 1.165) is 67.4 Å². The van der Waals surface area contributed by atoms with Crippen molar-refractivity contribution in [3.63, 3.8) is 0 Å². The normalized spacial score (nSPS) is 26.1. The maximum atomic E-state index is 14.2. The van der Waals surface area contributed by atoms with Gasteiger partial charge in [0.05, 0.1) is 18.2 Å². The van der Waals surface area contributed by atoms with Gasteiger partial charge in [-0.2, -0.15) is 0 Å². The number of benzene rings is 2. The number of aliphatic hydroxyl groups excluding tert-OH is 2. The van der Waals surface area contributed by atoms with Gasteiger partial charge >= 0.3 is 6.09 Å². The van der Waals surface area contributed by atoms with Gasteiger partial charge in [-0.3, -0.25) is 4.79 Å². The standard InChI is InChI=1S/C43H57N3O8/c1-4-21-46(41(49)30-17-18-30)38-27-36(45-51-3)34-25-31(15-9-11-22-47)33(16-10-12-23-48)39-35-26-32(53-42(50)44-28-29-13-7-6-8-14-29)19-20-37(35)54-43(38,40(34)39)52-24-5-2/h5-8,13-14,19-20,25-26,30-31,33,38-40,47-48H,2,4,9-12,15-18,21-24,27-28H2,1,3H3,(H,44,50)/t31-,33+,38-,39+,40+,43+/m0/s1. The lowest BCUT2D eigenvalue weighted by Gasteiger charge is -2.60. The molecule has 3 aliphatic carbocycles. The number of rotatable bonds is 19. The van der Waals surface area contributed by atoms with Crippen molar-refractivity contribution in [2.45, 2.75) is 95.4 Å². The fourth-order valence-electron chi connectivity index (χ4n) is 8.96. The highest BCUT2D eigenvalue weighted by Crippen LogP contribution is 2.62. The molecule has 3 N–H and O–H groups in total. The molecule has 0 saturated heterocycles. The number of fused-ring (bicyclic) bond motifs is 2. The molecule has 0 radical (unpaired) electrons. The average Bonchev–Trinajstić information content (AvgIpc) is 4.04. The van der Waals surface area contributed by atoms with Crippen molar-refractivity contribution in [2.24, 2.45) is 28.8 Å². The van der Waals surface area contributed by atoms with Crippen molar-refractivity contribution < 1.29 is 38.9 Å². The van der Waals surface area contributed by atoms with E-state index in [-0.39, 0.29) is 49.4 Å². The van der Waals surface area contributed by atoms with Crippen LogP contribution in [0, 0.1) is 23.7 Å². The highest BCUT2D eigenvalue weighted by Gasteiger charge is 2.65. The number of nitrogens with one attached hydrogen (secondary N) is 1. The largest absolute Gasteiger partial charge is 0.459 e. The number of amides is 2. The molecule has 0 spiro atoms. The van der Waals surface area contributed by atoms with Gasteiger partial charge in [0.1, 0.15) is 24.7 Å². The maximum absolute atomic E-state index is 14.2. The van der Waals surface area contributed by atoms with E-state index in [0.29, 0.717) is 43.9 Å². The second kappa shape index (κ2) is 18.4. The Morgan fingerprint density at radius 2 is 1.83 bits per heavy atom. The summed E-state index contributed by atoms with van der Waals surface area (Å²) in [6.07, 6.45) is 11.0. The van der Waals surface area contributed by atoms with Crippen LogP contribution in [-0.2, 0) is 20.9 Å². The van der Waals surface area contributed by atoms with Crippen LogP contribution in [0.3, 0.4) is 0 Å². The molecule has 11 heteroatoms. The Labute approximate surface area is 319 Å². The van der Waals surface area contributed by atoms with Gasteiger partial charge in [0.15, 0.2) is 0 Å². The summed E-state index contributed by atoms with van der Waals surface area (Å²) in [6.45, 7) is 7.36. The summed E-state index contributed by atoms with van der Waals surface area (Å²) < 4.78 is 20.1. The summed E-state index contributed by atoms with van der Waals surface area (Å²) in [5, 5.41) is 27.1. The third-order valence-electron chi connectivity index (χ3n) is 11.4. The third kappa shape index (κ3) is 8.53. The van der Waals surface area contributed by atoms with Crippen LogP contribution >= 0.6 is 0 Å². The third-order valence-corrected chi connectivity index (χ3v) is 11.4. The Balaban J connectivity index is 1.49. The minimum atomic E-state index is -1.29. The zero-order valence-corrected chi connectivity index (χ0v) is 31.8. The number of hydrogen-bond acceptors (Lipinski definition) is 9. The van der Waals surface area contributed by atoms with E-state index in [1.807, 2.05) is 47.4 Å². The molecule has 54 heavy (non-hydrogen) atoms. The monoisotopic (exact) mass is 743 g/mol. The van der Waals surface area contributed by atoms with Crippen LogP contribution in [0.25, 0.3) is 0 Å². The summed E-state index contributed by atoms with van der Waals surface area (Å²) in [5.41, 5.74) is 3.59. The predicted molar refractivity (Wildman–Crippen MR) is 206 cm³/mol. The van der Waals surface area contributed by atoms with Crippen LogP contribution in [0.4, 0.5) is 4.79 Å². The molecule has 2 aromatic rings. The van der Waals surface area contributed by atoms with Crippen LogP contribution in [0.2, 0.25) is 0 Å². The topological polar surface area (TPSA) is 139 Å². The highest BCUT2D eigenvalue weighted by molar-refractivity contribution is 6.03. The minimum absolute atomic E-state index is 0.0133. The maximum Gasteiger partial charge on any atom is 0.412 e. The van der Waals surface area contributed by atoms with E-state index in [4.69, 9.17) is 19.0 Å². The number of unbranched alkanes of at least 4 members (excludes halogenated alkanes) is 2. The highest BCUT2D eigenvalue weighted by atomic mass is 16.7. The fourth-order valence-corrected chi connectivity index (χ4v) is 8.96. The smallest absolute Gasteiger partial charge is 0.412 e. The molecule has 2 amide bonds. The number of allylic oxidation sites excluding steroid dienone is 1. The summed E-state index contributed by atoms with van der Waals surface area (Å²) in [7, 11) is 1.55. The zero-order valence-electron chi connectivity index (χ0n) is 31.8. The Morgan fingerprint density at radius 3 is 2.52 bits per heavy atom. The first kappa shape index (κ1) is 39.5. The van der Waals surface area contributed by atoms with Crippen molar-refractivity contribution in [3.05, 3.63) is 84.0 Å². The van der Waals surface area contributed by atoms with Gasteiger partial charge in [-0.1, -0.05) is 67.4 Å². The molecule has 0 aromatic heterocycles. The van der Waals surface area contributed by atoms with E-state index in [2.05, 4.69) is 30.1 Å². The van der Waals surface area contributed by atoms with Crippen LogP contribution in [0.15, 0.2) is 78.0 Å². The first-order chi connectivity index (χ1) is 26.4. The van der Waals surface area contributed by atoms with Gasteiger partial charge in [-0.25, -0.2) is 4.79 Å². The number of carbonyl (C=O) groups is 2. The molecule has 6 atom stereocenters. The van der Waals surface area contributed by atoms with Crippen LogP contribution < -0.4 is 14.8 Å². The Bertz CT molecular complexity index is 1660. The molecule has 11 nitrogen and oxygen atoms in total. The first-order valence-corrected chi connectivity index (χ1v) is 19.8. The molecule has 0 bridgehead atoms. The van der Waals surface area contributed by atoms with Gasteiger partial charge in [-0.15, -0.1) is 6.58 Å². The van der Waals surface area contributed by atoms with E-state index < -0.39 is 23.8 Å². The van der Waals surface area contributed by atoms with Crippen molar-refractivity contribution in [1.29, 1.82) is 0 Å². The minimum Gasteiger partial charge on any atom is -0.459 e. The second-order valence-electron chi connectivity index (χ2n) is 15.0. The molecule has 2 saturated carbocycles. The molecule has 4 aliphatic rings. The lowest BCUT2D eigenvalue weighted by Crippen LogP contribution is -2.70. The summed E-state index contributed by atoms with van der Waals surface area (Å²) in [4.78, 5) is 34.8. The van der Waals surface area contributed by atoms with E-state index in [9.17, 15) is 19.8 Å². The van der Waals surface area contributed by atoms with Crippen LogP contribution in [0.1, 0.15) is 88.2 Å². The van der Waals surface area contributed by atoms with Crippen molar-refractivity contribution in [2.75, 3.05) is 33.5 Å².